The van der Waals surface area contributed by atoms with Gasteiger partial charge < -0.3 is 10.2 Å². The maximum Gasteiger partial charge on any atom is 0.257 e. The number of pyridine rings is 1. The van der Waals surface area contributed by atoms with Crippen molar-refractivity contribution in [1.82, 2.24) is 30.1 Å². The molecule has 2 aromatic heterocycles. The molecule has 0 unspecified atom stereocenters. The van der Waals surface area contributed by atoms with Crippen molar-refractivity contribution in [2.45, 2.75) is 19.5 Å². The zero-order valence-electron chi connectivity index (χ0n) is 17.8. The fraction of sp³-hybridized carbons (Fsp3) is 0.167. The standard InChI is InChI=1S/C24H21N7O2/c32-22(30-13-11-17-4-1-2-5-20(17)15-30)16-31-28-23(27-29-31)18-7-9-21(10-8-18)26-24(33)19-6-3-12-25-14-19/h1-10,12,14H,11,13,15-16H2,(H,26,33). The van der Waals surface area contributed by atoms with Crippen molar-refractivity contribution in [3.63, 3.8) is 0 Å². The van der Waals surface area contributed by atoms with Crippen molar-refractivity contribution < 1.29 is 9.59 Å². The average molecular weight is 439 g/mol. The minimum Gasteiger partial charge on any atom is -0.336 e. The van der Waals surface area contributed by atoms with Crippen LogP contribution in [0.25, 0.3) is 11.4 Å². The molecule has 0 spiro atoms. The van der Waals surface area contributed by atoms with E-state index in [1.165, 1.54) is 22.1 Å². The van der Waals surface area contributed by atoms with E-state index in [9.17, 15) is 9.59 Å². The molecule has 0 saturated carbocycles. The number of fused-ring (bicyclic) bond motifs is 1. The van der Waals surface area contributed by atoms with Crippen LogP contribution in [0.2, 0.25) is 0 Å². The zero-order chi connectivity index (χ0) is 22.6. The van der Waals surface area contributed by atoms with Crippen LogP contribution in [0.5, 0.6) is 0 Å². The fourth-order valence-electron chi connectivity index (χ4n) is 3.76. The molecule has 1 aliphatic rings. The third-order valence-corrected chi connectivity index (χ3v) is 5.54. The molecule has 1 N–H and O–H groups in total. The SMILES string of the molecule is O=C(Nc1ccc(-c2nnn(CC(=O)N3CCc4ccccc4C3)n2)cc1)c1cccnc1. The van der Waals surface area contributed by atoms with Gasteiger partial charge in [-0.05, 0) is 59.2 Å². The lowest BCUT2D eigenvalue weighted by Crippen LogP contribution is -2.38. The highest BCUT2D eigenvalue weighted by Gasteiger charge is 2.21. The first-order valence-corrected chi connectivity index (χ1v) is 10.6. The summed E-state index contributed by atoms with van der Waals surface area (Å²) in [5, 5.41) is 15.3. The van der Waals surface area contributed by atoms with Gasteiger partial charge in [0.25, 0.3) is 5.91 Å². The predicted molar refractivity (Wildman–Crippen MR) is 121 cm³/mol. The van der Waals surface area contributed by atoms with Crippen molar-refractivity contribution in [1.29, 1.82) is 0 Å². The van der Waals surface area contributed by atoms with E-state index < -0.39 is 0 Å². The van der Waals surface area contributed by atoms with Crippen LogP contribution < -0.4 is 5.32 Å². The molecule has 0 aliphatic carbocycles. The van der Waals surface area contributed by atoms with Crippen LogP contribution in [0.1, 0.15) is 21.5 Å². The molecule has 0 fully saturated rings. The number of aromatic nitrogens is 5. The summed E-state index contributed by atoms with van der Waals surface area (Å²) in [4.78, 5) is 32.1. The van der Waals surface area contributed by atoms with Gasteiger partial charge in [0, 0.05) is 36.7 Å². The summed E-state index contributed by atoms with van der Waals surface area (Å²) >= 11 is 0. The summed E-state index contributed by atoms with van der Waals surface area (Å²) in [7, 11) is 0. The van der Waals surface area contributed by atoms with E-state index >= 15 is 0 Å². The molecule has 1 aliphatic heterocycles. The molecule has 9 heteroatoms. The minimum absolute atomic E-state index is 0.0361. The van der Waals surface area contributed by atoms with Crippen LogP contribution in [0.3, 0.4) is 0 Å². The largest absolute Gasteiger partial charge is 0.336 e. The summed E-state index contributed by atoms with van der Waals surface area (Å²) in [5.74, 6) is 0.137. The quantitative estimate of drug-likeness (QED) is 0.512. The van der Waals surface area contributed by atoms with Gasteiger partial charge in [0.2, 0.25) is 11.7 Å². The van der Waals surface area contributed by atoms with E-state index in [2.05, 4.69) is 37.8 Å². The first-order valence-electron chi connectivity index (χ1n) is 10.6. The Bertz CT molecular complexity index is 1290. The Kier molecular flexibility index (Phi) is 5.59. The lowest BCUT2D eigenvalue weighted by molar-refractivity contribution is -0.133. The highest BCUT2D eigenvalue weighted by atomic mass is 16.2. The van der Waals surface area contributed by atoms with E-state index in [4.69, 9.17) is 0 Å². The van der Waals surface area contributed by atoms with Crippen LogP contribution in [0, 0.1) is 0 Å². The normalized spacial score (nSPS) is 12.8. The van der Waals surface area contributed by atoms with Crippen LogP contribution in [-0.4, -0.2) is 48.5 Å². The number of carbonyl (C=O) groups excluding carboxylic acids is 2. The summed E-state index contributed by atoms with van der Waals surface area (Å²) < 4.78 is 0. The maximum absolute atomic E-state index is 12.7. The third kappa shape index (κ3) is 4.62. The van der Waals surface area contributed by atoms with Gasteiger partial charge in [-0.3, -0.25) is 14.6 Å². The lowest BCUT2D eigenvalue weighted by atomic mass is 10.00. The number of amides is 2. The fourth-order valence-corrected chi connectivity index (χ4v) is 3.76. The Labute approximate surface area is 190 Å². The zero-order valence-corrected chi connectivity index (χ0v) is 17.8. The summed E-state index contributed by atoms with van der Waals surface area (Å²) in [6.07, 6.45) is 3.97. The number of benzene rings is 2. The lowest BCUT2D eigenvalue weighted by Gasteiger charge is -2.28. The topological polar surface area (TPSA) is 106 Å². The monoisotopic (exact) mass is 439 g/mol. The number of nitrogens with one attached hydrogen (secondary N) is 1. The van der Waals surface area contributed by atoms with Crippen molar-refractivity contribution in [3.05, 3.63) is 89.7 Å². The first kappa shape index (κ1) is 20.5. The number of rotatable bonds is 5. The van der Waals surface area contributed by atoms with Gasteiger partial charge in [0.1, 0.15) is 6.54 Å². The number of nitrogens with zero attached hydrogens (tertiary/aromatic N) is 6. The molecular weight excluding hydrogens is 418 g/mol. The van der Waals surface area contributed by atoms with E-state index in [0.717, 1.165) is 12.0 Å². The van der Waals surface area contributed by atoms with Gasteiger partial charge in [0.15, 0.2) is 0 Å². The molecule has 0 radical (unpaired) electrons. The Morgan fingerprint density at radius 1 is 0.970 bits per heavy atom. The van der Waals surface area contributed by atoms with Gasteiger partial charge in [-0.1, -0.05) is 24.3 Å². The van der Waals surface area contributed by atoms with Gasteiger partial charge >= 0.3 is 0 Å². The number of hydrogen-bond acceptors (Lipinski definition) is 6. The van der Waals surface area contributed by atoms with Gasteiger partial charge in [0.05, 0.1) is 5.56 Å². The molecule has 2 aromatic carbocycles. The van der Waals surface area contributed by atoms with Crippen LogP contribution in [-0.2, 0) is 24.3 Å². The highest BCUT2D eigenvalue weighted by molar-refractivity contribution is 6.04. The Morgan fingerprint density at radius 2 is 1.79 bits per heavy atom. The van der Waals surface area contributed by atoms with Crippen molar-refractivity contribution in [2.24, 2.45) is 0 Å². The molecule has 0 atom stereocenters. The van der Waals surface area contributed by atoms with Gasteiger partial charge in [-0.2, -0.15) is 4.80 Å². The second-order valence-corrected chi connectivity index (χ2v) is 7.75. The van der Waals surface area contributed by atoms with E-state index in [-0.39, 0.29) is 18.4 Å². The smallest absolute Gasteiger partial charge is 0.257 e. The van der Waals surface area contributed by atoms with Gasteiger partial charge in [-0.15, -0.1) is 10.2 Å². The number of anilines is 1. The Hall–Kier alpha value is -4.40. The van der Waals surface area contributed by atoms with Crippen LogP contribution >= 0.6 is 0 Å². The highest BCUT2D eigenvalue weighted by Crippen LogP contribution is 2.20. The van der Waals surface area contributed by atoms with Crippen molar-refractivity contribution in [2.75, 3.05) is 11.9 Å². The predicted octanol–water partition coefficient (Wildman–Crippen LogP) is 2.57. The molecule has 33 heavy (non-hydrogen) atoms. The number of carbonyl (C=O) groups is 2. The van der Waals surface area contributed by atoms with Crippen LogP contribution in [0.15, 0.2) is 73.1 Å². The molecule has 0 bridgehead atoms. The summed E-state index contributed by atoms with van der Waals surface area (Å²) in [5.41, 5.74) is 4.33. The average Bonchev–Trinajstić information content (AvgIpc) is 3.33. The molecule has 9 nitrogen and oxygen atoms in total. The van der Waals surface area contributed by atoms with E-state index in [1.54, 1.807) is 42.6 Å². The van der Waals surface area contributed by atoms with E-state index in [0.29, 0.717) is 30.2 Å². The molecule has 164 valence electrons. The van der Waals surface area contributed by atoms with Gasteiger partial charge in [-0.25, -0.2) is 0 Å². The Balaban J connectivity index is 1.21. The minimum atomic E-state index is -0.237. The summed E-state index contributed by atoms with van der Waals surface area (Å²) in [6.45, 7) is 1.32. The molecule has 2 amide bonds. The second-order valence-electron chi connectivity index (χ2n) is 7.75. The molecule has 3 heterocycles. The van der Waals surface area contributed by atoms with Crippen molar-refractivity contribution >= 4 is 17.5 Å². The molecule has 5 rings (SSSR count). The van der Waals surface area contributed by atoms with E-state index in [1.807, 2.05) is 17.0 Å². The molecular formula is C24H21N7O2. The summed E-state index contributed by atoms with van der Waals surface area (Å²) in [6, 6.07) is 18.7. The molecule has 4 aromatic rings. The van der Waals surface area contributed by atoms with Crippen LogP contribution in [0.4, 0.5) is 5.69 Å². The number of tetrazole rings is 1. The number of hydrogen-bond donors (Lipinski definition) is 1. The first-order chi connectivity index (χ1) is 16.2. The third-order valence-electron chi connectivity index (χ3n) is 5.54. The molecule has 0 saturated heterocycles. The van der Waals surface area contributed by atoms with Crippen molar-refractivity contribution in [3.8, 4) is 11.4 Å². The maximum atomic E-state index is 12.7. The second kappa shape index (κ2) is 8.99. The Morgan fingerprint density at radius 3 is 2.58 bits per heavy atom.